The van der Waals surface area contributed by atoms with E-state index in [0.29, 0.717) is 0 Å². The first-order valence-electron chi connectivity index (χ1n) is 4.37. The second kappa shape index (κ2) is 3.55. The second-order valence-corrected chi connectivity index (χ2v) is 4.60. The van der Waals surface area contributed by atoms with Crippen molar-refractivity contribution in [1.82, 2.24) is 0 Å². The molecule has 0 aromatic heterocycles. The SMILES string of the molecule is C=Cc1cc(C(C)(C)C)ccc1Cl. The average Bonchev–Trinajstić information content (AvgIpc) is 2.03. The minimum Gasteiger partial charge on any atom is -0.0984 e. The topological polar surface area (TPSA) is 0 Å². The Morgan fingerprint density at radius 3 is 2.38 bits per heavy atom. The first-order valence-corrected chi connectivity index (χ1v) is 4.75. The van der Waals surface area contributed by atoms with Crippen LogP contribution < -0.4 is 0 Å². The van der Waals surface area contributed by atoms with Gasteiger partial charge < -0.3 is 0 Å². The lowest BCUT2D eigenvalue weighted by Gasteiger charge is -2.19. The van der Waals surface area contributed by atoms with Gasteiger partial charge in [-0.05, 0) is 28.7 Å². The second-order valence-electron chi connectivity index (χ2n) is 4.19. The Hall–Kier alpha value is -0.750. The van der Waals surface area contributed by atoms with E-state index in [4.69, 9.17) is 11.6 Å². The van der Waals surface area contributed by atoms with Gasteiger partial charge in [0.2, 0.25) is 0 Å². The zero-order chi connectivity index (χ0) is 10.1. The fourth-order valence-corrected chi connectivity index (χ4v) is 1.36. The molecule has 0 N–H and O–H groups in total. The highest BCUT2D eigenvalue weighted by Crippen LogP contribution is 2.26. The predicted molar refractivity (Wildman–Crippen MR) is 60.2 cm³/mol. The monoisotopic (exact) mass is 194 g/mol. The van der Waals surface area contributed by atoms with E-state index >= 15 is 0 Å². The van der Waals surface area contributed by atoms with Crippen LogP contribution in [0.5, 0.6) is 0 Å². The van der Waals surface area contributed by atoms with Gasteiger partial charge in [0.05, 0.1) is 0 Å². The van der Waals surface area contributed by atoms with Crippen molar-refractivity contribution in [3.8, 4) is 0 Å². The molecule has 0 aliphatic carbocycles. The summed E-state index contributed by atoms with van der Waals surface area (Å²) in [6, 6.07) is 6.09. The number of benzene rings is 1. The standard InChI is InChI=1S/C12H15Cl/c1-5-9-8-10(12(2,3)4)6-7-11(9)13/h5-8H,1H2,2-4H3. The maximum atomic E-state index is 5.98. The molecular weight excluding hydrogens is 180 g/mol. The Labute approximate surface area is 85.2 Å². The van der Waals surface area contributed by atoms with Crippen molar-refractivity contribution < 1.29 is 0 Å². The van der Waals surface area contributed by atoms with Crippen molar-refractivity contribution in [2.45, 2.75) is 26.2 Å². The van der Waals surface area contributed by atoms with E-state index in [1.165, 1.54) is 5.56 Å². The minimum atomic E-state index is 0.169. The highest BCUT2D eigenvalue weighted by molar-refractivity contribution is 6.32. The lowest BCUT2D eigenvalue weighted by molar-refractivity contribution is 0.590. The smallest absolute Gasteiger partial charge is 0.0478 e. The highest BCUT2D eigenvalue weighted by atomic mass is 35.5. The summed E-state index contributed by atoms with van der Waals surface area (Å²) < 4.78 is 0. The van der Waals surface area contributed by atoms with Crippen molar-refractivity contribution in [3.63, 3.8) is 0 Å². The van der Waals surface area contributed by atoms with Crippen molar-refractivity contribution in [3.05, 3.63) is 40.9 Å². The van der Waals surface area contributed by atoms with Crippen molar-refractivity contribution >= 4 is 17.7 Å². The van der Waals surface area contributed by atoms with Gasteiger partial charge in [-0.2, -0.15) is 0 Å². The van der Waals surface area contributed by atoms with Crippen LogP contribution in [0.1, 0.15) is 31.9 Å². The van der Waals surface area contributed by atoms with Crippen LogP contribution in [0.2, 0.25) is 5.02 Å². The first-order chi connectivity index (χ1) is 5.95. The van der Waals surface area contributed by atoms with Crippen LogP contribution in [-0.2, 0) is 5.41 Å². The Kier molecular flexibility index (Phi) is 2.82. The van der Waals surface area contributed by atoms with Crippen LogP contribution in [0.25, 0.3) is 6.08 Å². The zero-order valence-electron chi connectivity index (χ0n) is 8.39. The summed E-state index contributed by atoms with van der Waals surface area (Å²) in [5, 5.41) is 0.767. The quantitative estimate of drug-likeness (QED) is 0.626. The van der Waals surface area contributed by atoms with E-state index in [2.05, 4.69) is 39.5 Å². The normalized spacial score (nSPS) is 11.4. The van der Waals surface area contributed by atoms with Crippen LogP contribution in [0.4, 0.5) is 0 Å². The third kappa shape index (κ3) is 2.35. The van der Waals surface area contributed by atoms with Crippen LogP contribution in [0, 0.1) is 0 Å². The third-order valence-corrected chi connectivity index (χ3v) is 2.43. The molecule has 0 aliphatic heterocycles. The van der Waals surface area contributed by atoms with E-state index in [-0.39, 0.29) is 5.41 Å². The fourth-order valence-electron chi connectivity index (χ4n) is 1.17. The maximum Gasteiger partial charge on any atom is 0.0478 e. The van der Waals surface area contributed by atoms with E-state index in [1.807, 2.05) is 6.07 Å². The molecule has 0 heterocycles. The molecule has 70 valence electrons. The van der Waals surface area contributed by atoms with Crippen LogP contribution in [-0.4, -0.2) is 0 Å². The molecule has 1 aromatic rings. The summed E-state index contributed by atoms with van der Waals surface area (Å²) >= 11 is 5.98. The molecule has 0 unspecified atom stereocenters. The van der Waals surface area contributed by atoms with Gasteiger partial charge in [-0.3, -0.25) is 0 Å². The van der Waals surface area contributed by atoms with E-state index in [1.54, 1.807) is 6.08 Å². The Morgan fingerprint density at radius 1 is 1.31 bits per heavy atom. The summed E-state index contributed by atoms with van der Waals surface area (Å²) in [5.41, 5.74) is 2.46. The van der Waals surface area contributed by atoms with Gasteiger partial charge in [-0.15, -0.1) is 0 Å². The summed E-state index contributed by atoms with van der Waals surface area (Å²) in [6.45, 7) is 10.3. The molecule has 0 saturated heterocycles. The van der Waals surface area contributed by atoms with Crippen molar-refractivity contribution in [2.75, 3.05) is 0 Å². The van der Waals surface area contributed by atoms with Gasteiger partial charge in [0, 0.05) is 5.02 Å². The molecule has 0 fully saturated rings. The molecule has 0 bridgehead atoms. The van der Waals surface area contributed by atoms with Gasteiger partial charge in [0.25, 0.3) is 0 Å². The minimum absolute atomic E-state index is 0.169. The summed E-state index contributed by atoms with van der Waals surface area (Å²) in [5.74, 6) is 0. The number of halogens is 1. The van der Waals surface area contributed by atoms with Crippen molar-refractivity contribution in [1.29, 1.82) is 0 Å². The molecular formula is C12H15Cl. The molecule has 0 radical (unpaired) electrons. The van der Waals surface area contributed by atoms with Crippen LogP contribution >= 0.6 is 11.6 Å². The lowest BCUT2D eigenvalue weighted by atomic mass is 9.86. The number of hydrogen-bond acceptors (Lipinski definition) is 0. The molecule has 0 aliphatic rings. The zero-order valence-corrected chi connectivity index (χ0v) is 9.15. The van der Waals surface area contributed by atoms with E-state index < -0.39 is 0 Å². The fraction of sp³-hybridized carbons (Fsp3) is 0.333. The Balaban J connectivity index is 3.21. The summed E-state index contributed by atoms with van der Waals surface area (Å²) in [7, 11) is 0. The lowest BCUT2D eigenvalue weighted by Crippen LogP contribution is -2.10. The van der Waals surface area contributed by atoms with Gasteiger partial charge in [0.15, 0.2) is 0 Å². The van der Waals surface area contributed by atoms with E-state index in [9.17, 15) is 0 Å². The molecule has 1 rings (SSSR count). The maximum absolute atomic E-state index is 5.98. The number of rotatable bonds is 1. The van der Waals surface area contributed by atoms with E-state index in [0.717, 1.165) is 10.6 Å². The molecule has 0 amide bonds. The average molecular weight is 195 g/mol. The third-order valence-electron chi connectivity index (χ3n) is 2.08. The molecule has 0 nitrogen and oxygen atoms in total. The van der Waals surface area contributed by atoms with Crippen LogP contribution in [0.3, 0.4) is 0 Å². The Bertz CT molecular complexity index is 318. The predicted octanol–water partition coefficient (Wildman–Crippen LogP) is 4.28. The highest BCUT2D eigenvalue weighted by Gasteiger charge is 2.13. The van der Waals surface area contributed by atoms with Gasteiger partial charge in [-0.25, -0.2) is 0 Å². The molecule has 1 heteroatoms. The first kappa shape index (κ1) is 10.3. The van der Waals surface area contributed by atoms with Crippen LogP contribution in [0.15, 0.2) is 24.8 Å². The van der Waals surface area contributed by atoms with Crippen molar-refractivity contribution in [2.24, 2.45) is 0 Å². The van der Waals surface area contributed by atoms with Gasteiger partial charge in [0.1, 0.15) is 0 Å². The molecule has 0 atom stereocenters. The Morgan fingerprint density at radius 2 is 1.92 bits per heavy atom. The van der Waals surface area contributed by atoms with Gasteiger partial charge >= 0.3 is 0 Å². The van der Waals surface area contributed by atoms with Gasteiger partial charge in [-0.1, -0.05) is 51.1 Å². The molecule has 0 saturated carbocycles. The molecule has 13 heavy (non-hydrogen) atoms. The number of hydrogen-bond donors (Lipinski definition) is 0. The molecule has 1 aromatic carbocycles. The largest absolute Gasteiger partial charge is 0.0984 e. The summed E-state index contributed by atoms with van der Waals surface area (Å²) in [4.78, 5) is 0. The summed E-state index contributed by atoms with van der Waals surface area (Å²) in [6.07, 6.45) is 1.79. The molecule has 0 spiro atoms.